The quantitative estimate of drug-likeness (QED) is 0.748. The van der Waals surface area contributed by atoms with E-state index in [9.17, 15) is 9.59 Å². The van der Waals surface area contributed by atoms with Crippen LogP contribution in [0.3, 0.4) is 0 Å². The molecule has 2 aromatic rings. The lowest BCUT2D eigenvalue weighted by molar-refractivity contribution is -0.136. The minimum atomic E-state index is -0.634. The highest BCUT2D eigenvalue weighted by atomic mass is 16.5. The fourth-order valence-electron chi connectivity index (χ4n) is 3.60. The van der Waals surface area contributed by atoms with Crippen molar-refractivity contribution in [1.82, 2.24) is 10.2 Å². The van der Waals surface area contributed by atoms with E-state index in [-0.39, 0.29) is 18.7 Å². The minimum absolute atomic E-state index is 0.00652. The van der Waals surface area contributed by atoms with Gasteiger partial charge in [-0.2, -0.15) is 5.26 Å². The predicted molar refractivity (Wildman–Crippen MR) is 108 cm³/mol. The van der Waals surface area contributed by atoms with Crippen molar-refractivity contribution in [2.24, 2.45) is 0 Å². The number of hydrogen-bond acceptors (Lipinski definition) is 5. The van der Waals surface area contributed by atoms with Crippen LogP contribution in [0.4, 0.5) is 4.79 Å². The SMILES string of the molecule is COC(=O)C1=C(COc2cccc(C#N)c2)N(C2CC2)C(=O)NC1c1ccccc1. The number of nitrogens with one attached hydrogen (secondary N) is 1. The second-order valence-electron chi connectivity index (χ2n) is 7.17. The molecule has 1 aliphatic heterocycles. The molecule has 7 heteroatoms. The number of rotatable bonds is 6. The van der Waals surface area contributed by atoms with Crippen molar-refractivity contribution in [3.8, 4) is 11.8 Å². The second kappa shape index (κ2) is 8.29. The molecule has 2 aromatic carbocycles. The molecule has 1 atom stereocenters. The van der Waals surface area contributed by atoms with Crippen LogP contribution in [-0.4, -0.2) is 36.7 Å². The summed E-state index contributed by atoms with van der Waals surface area (Å²) in [5.41, 5.74) is 2.10. The Labute approximate surface area is 174 Å². The van der Waals surface area contributed by atoms with Crippen molar-refractivity contribution >= 4 is 12.0 Å². The van der Waals surface area contributed by atoms with E-state index in [1.807, 2.05) is 30.3 Å². The lowest BCUT2D eigenvalue weighted by atomic mass is 9.94. The van der Waals surface area contributed by atoms with Gasteiger partial charge in [0.1, 0.15) is 12.4 Å². The van der Waals surface area contributed by atoms with Crippen LogP contribution in [0, 0.1) is 11.3 Å². The zero-order valence-corrected chi connectivity index (χ0v) is 16.5. The number of benzene rings is 2. The fraction of sp³-hybridized carbons (Fsp3) is 0.261. The Morgan fingerprint density at radius 2 is 1.97 bits per heavy atom. The molecule has 152 valence electrons. The van der Waals surface area contributed by atoms with Gasteiger partial charge in [-0.25, -0.2) is 9.59 Å². The highest BCUT2D eigenvalue weighted by molar-refractivity contribution is 5.95. The van der Waals surface area contributed by atoms with Gasteiger partial charge in [0.05, 0.1) is 36.1 Å². The number of carbonyl (C=O) groups is 2. The number of hydrogen-bond donors (Lipinski definition) is 1. The highest BCUT2D eigenvalue weighted by Gasteiger charge is 2.44. The van der Waals surface area contributed by atoms with Crippen LogP contribution in [-0.2, 0) is 9.53 Å². The van der Waals surface area contributed by atoms with E-state index in [0.29, 0.717) is 22.6 Å². The smallest absolute Gasteiger partial charge is 0.338 e. The highest BCUT2D eigenvalue weighted by Crippen LogP contribution is 2.38. The molecule has 0 spiro atoms. The minimum Gasteiger partial charge on any atom is -0.487 e. The molecule has 2 amide bonds. The third-order valence-electron chi connectivity index (χ3n) is 5.17. The van der Waals surface area contributed by atoms with Crippen molar-refractivity contribution in [3.05, 3.63) is 77.0 Å². The van der Waals surface area contributed by atoms with E-state index in [2.05, 4.69) is 11.4 Å². The average molecular weight is 403 g/mol. The van der Waals surface area contributed by atoms with Gasteiger partial charge >= 0.3 is 12.0 Å². The van der Waals surface area contributed by atoms with Crippen LogP contribution in [0.25, 0.3) is 0 Å². The summed E-state index contributed by atoms with van der Waals surface area (Å²) in [6.07, 6.45) is 1.73. The Hall–Kier alpha value is -3.79. The van der Waals surface area contributed by atoms with Crippen molar-refractivity contribution in [2.45, 2.75) is 24.9 Å². The van der Waals surface area contributed by atoms with Gasteiger partial charge in [0.25, 0.3) is 0 Å². The van der Waals surface area contributed by atoms with Gasteiger partial charge in [-0.15, -0.1) is 0 Å². The number of esters is 1. The first-order chi connectivity index (χ1) is 14.6. The molecule has 30 heavy (non-hydrogen) atoms. The molecule has 4 rings (SSSR count). The Morgan fingerprint density at radius 3 is 2.63 bits per heavy atom. The first kappa shape index (κ1) is 19.5. The topological polar surface area (TPSA) is 91.7 Å². The molecule has 0 bridgehead atoms. The molecule has 2 aliphatic rings. The molecule has 1 fully saturated rings. The van der Waals surface area contributed by atoms with Crippen LogP contribution >= 0.6 is 0 Å². The van der Waals surface area contributed by atoms with Gasteiger partial charge < -0.3 is 14.8 Å². The Balaban J connectivity index is 1.76. The molecule has 1 heterocycles. The zero-order chi connectivity index (χ0) is 21.1. The van der Waals surface area contributed by atoms with E-state index >= 15 is 0 Å². The monoisotopic (exact) mass is 403 g/mol. The number of ether oxygens (including phenoxy) is 2. The van der Waals surface area contributed by atoms with Crippen molar-refractivity contribution in [1.29, 1.82) is 5.26 Å². The van der Waals surface area contributed by atoms with Gasteiger partial charge in [-0.3, -0.25) is 4.90 Å². The number of carbonyl (C=O) groups excluding carboxylic acids is 2. The third kappa shape index (κ3) is 3.85. The largest absolute Gasteiger partial charge is 0.487 e. The summed E-state index contributed by atoms with van der Waals surface area (Å²) in [7, 11) is 1.32. The maximum Gasteiger partial charge on any atom is 0.338 e. The summed E-state index contributed by atoms with van der Waals surface area (Å²) < 4.78 is 11.0. The molecular formula is C23H21N3O4. The zero-order valence-electron chi connectivity index (χ0n) is 16.5. The molecule has 1 unspecified atom stereocenters. The molecule has 0 saturated heterocycles. The molecular weight excluding hydrogens is 382 g/mol. The van der Waals surface area contributed by atoms with Crippen molar-refractivity contribution in [3.63, 3.8) is 0 Å². The first-order valence-electron chi connectivity index (χ1n) is 9.71. The summed E-state index contributed by atoms with van der Waals surface area (Å²) in [6.45, 7) is 0.00652. The molecule has 1 N–H and O–H groups in total. The number of methoxy groups -OCH3 is 1. The summed E-state index contributed by atoms with van der Waals surface area (Å²) >= 11 is 0. The predicted octanol–water partition coefficient (Wildman–Crippen LogP) is 3.29. The van der Waals surface area contributed by atoms with Crippen molar-refractivity contribution < 1.29 is 19.1 Å². The van der Waals surface area contributed by atoms with Crippen molar-refractivity contribution in [2.75, 3.05) is 13.7 Å². The molecule has 7 nitrogen and oxygen atoms in total. The number of nitrogens with zero attached hydrogens (tertiary/aromatic N) is 2. The van der Waals surface area contributed by atoms with Crippen LogP contribution in [0.15, 0.2) is 65.9 Å². The Kier molecular flexibility index (Phi) is 5.40. The van der Waals surface area contributed by atoms with Gasteiger partial charge in [-0.05, 0) is 36.6 Å². The Morgan fingerprint density at radius 1 is 1.20 bits per heavy atom. The molecule has 0 aromatic heterocycles. The van der Waals surface area contributed by atoms with Crippen LogP contribution in [0.2, 0.25) is 0 Å². The maximum absolute atomic E-state index is 13.0. The number of urea groups is 1. The number of amides is 2. The van der Waals surface area contributed by atoms with Crippen LogP contribution in [0.1, 0.15) is 30.0 Å². The van der Waals surface area contributed by atoms with E-state index < -0.39 is 12.0 Å². The standard InChI is InChI=1S/C23H21N3O4/c1-29-22(27)20-19(14-30-18-9-5-6-15(12-18)13-24)26(17-10-11-17)23(28)25-21(20)16-7-3-2-4-8-16/h2-9,12,17,21H,10-11,14H2,1H3,(H,25,28). The third-order valence-corrected chi connectivity index (χ3v) is 5.17. The summed E-state index contributed by atoms with van der Waals surface area (Å²) in [5.74, 6) is -0.0253. The van der Waals surface area contributed by atoms with Gasteiger partial charge in [0, 0.05) is 6.04 Å². The lowest BCUT2D eigenvalue weighted by Crippen LogP contribution is -2.50. The lowest BCUT2D eigenvalue weighted by Gasteiger charge is -2.36. The van der Waals surface area contributed by atoms with Crippen LogP contribution in [0.5, 0.6) is 5.75 Å². The van der Waals surface area contributed by atoms with E-state index in [4.69, 9.17) is 14.7 Å². The average Bonchev–Trinajstić information content (AvgIpc) is 3.62. The van der Waals surface area contributed by atoms with Gasteiger partial charge in [0.2, 0.25) is 0 Å². The second-order valence-corrected chi connectivity index (χ2v) is 7.17. The summed E-state index contributed by atoms with van der Waals surface area (Å²) in [4.78, 5) is 27.4. The molecule has 0 radical (unpaired) electrons. The maximum atomic E-state index is 13.0. The Bertz CT molecular complexity index is 1040. The van der Waals surface area contributed by atoms with Crippen LogP contribution < -0.4 is 10.1 Å². The fourth-order valence-corrected chi connectivity index (χ4v) is 3.60. The molecule has 1 saturated carbocycles. The number of nitriles is 1. The normalized spacial score (nSPS) is 18.5. The first-order valence-corrected chi connectivity index (χ1v) is 9.71. The van der Waals surface area contributed by atoms with E-state index in [1.54, 1.807) is 29.2 Å². The van der Waals surface area contributed by atoms with E-state index in [0.717, 1.165) is 18.4 Å². The summed E-state index contributed by atoms with van der Waals surface area (Å²) in [6, 6.07) is 17.3. The molecule has 1 aliphatic carbocycles. The van der Waals surface area contributed by atoms with E-state index in [1.165, 1.54) is 7.11 Å². The summed E-state index contributed by atoms with van der Waals surface area (Å²) in [5, 5.41) is 12.1. The van der Waals surface area contributed by atoms with Gasteiger partial charge in [-0.1, -0.05) is 36.4 Å². The van der Waals surface area contributed by atoms with Gasteiger partial charge in [0.15, 0.2) is 0 Å².